The van der Waals surface area contributed by atoms with Crippen molar-refractivity contribution in [2.75, 3.05) is 0 Å². The van der Waals surface area contributed by atoms with Crippen molar-refractivity contribution in [2.45, 2.75) is 18.6 Å². The van der Waals surface area contributed by atoms with Crippen LogP contribution in [0.3, 0.4) is 0 Å². The summed E-state index contributed by atoms with van der Waals surface area (Å²) in [6, 6.07) is 2.65. The van der Waals surface area contributed by atoms with Crippen molar-refractivity contribution in [3.8, 4) is 0 Å². The van der Waals surface area contributed by atoms with Crippen molar-refractivity contribution in [2.24, 2.45) is 0 Å². The Morgan fingerprint density at radius 3 is 2.40 bits per heavy atom. The van der Waals surface area contributed by atoms with E-state index in [0.717, 1.165) is 0 Å². The number of hydrogen-bond acceptors (Lipinski definition) is 0. The van der Waals surface area contributed by atoms with Gasteiger partial charge in [0.1, 0.15) is 0 Å². The summed E-state index contributed by atoms with van der Waals surface area (Å²) in [4.78, 5) is 0. The second kappa shape index (κ2) is 4.43. The predicted molar refractivity (Wildman–Crippen MR) is 29.8 cm³/mol. The largest absolute Gasteiger partial charge is 0.0748 e. The Morgan fingerprint density at radius 1 is 1.80 bits per heavy atom. The first kappa shape index (κ1) is 5.43. The van der Waals surface area contributed by atoms with E-state index in [2.05, 4.69) is 16.8 Å². The smallest absolute Gasteiger partial charge is 0.0218 e. The molecule has 0 N–H and O–H groups in total. The van der Waals surface area contributed by atoms with Crippen LogP contribution in [0.1, 0.15) is 0 Å². The Labute approximate surface area is 39.2 Å². The molecule has 2 heteroatoms. The maximum absolute atomic E-state index is 3.38. The van der Waals surface area contributed by atoms with Gasteiger partial charge in [-0.3, -0.25) is 0 Å². The minimum Gasteiger partial charge on any atom is -0.0748 e. The molecule has 5 heavy (non-hydrogen) atoms. The third-order valence-electron chi connectivity index (χ3n) is 0.530. The summed E-state index contributed by atoms with van der Waals surface area (Å²) in [6.45, 7) is 2.32. The first-order valence-electron chi connectivity index (χ1n) is 2.06. The monoisotopic (exact) mass is 101 g/mol. The standard InChI is InChI=1S/C3H9Si2/c1-5-3-2-4/h2-3,5H2,1H3. The van der Waals surface area contributed by atoms with Crippen LogP contribution in [0, 0.1) is 0 Å². The van der Waals surface area contributed by atoms with Crippen LogP contribution in [0.5, 0.6) is 0 Å². The third kappa shape index (κ3) is 4.43. The molecule has 0 atom stereocenters. The van der Waals surface area contributed by atoms with Gasteiger partial charge >= 0.3 is 0 Å². The van der Waals surface area contributed by atoms with Gasteiger partial charge in [-0.15, -0.1) is 0 Å². The Bertz CT molecular complexity index is 12.4. The van der Waals surface area contributed by atoms with Gasteiger partial charge in [0.25, 0.3) is 0 Å². The molecule has 0 aliphatic heterocycles. The Balaban J connectivity index is 2.19. The van der Waals surface area contributed by atoms with E-state index in [9.17, 15) is 0 Å². The summed E-state index contributed by atoms with van der Waals surface area (Å²) in [5.74, 6) is 0. The molecule has 3 radical (unpaired) electrons. The average molecular weight is 101 g/mol. The van der Waals surface area contributed by atoms with E-state index in [1.807, 2.05) is 0 Å². The summed E-state index contributed by atoms with van der Waals surface area (Å²) in [6.07, 6.45) is 0. The minimum atomic E-state index is 0.365. The fraction of sp³-hybridized carbons (Fsp3) is 1.00. The lowest BCUT2D eigenvalue weighted by Crippen LogP contribution is -1.75. The van der Waals surface area contributed by atoms with Crippen molar-refractivity contribution in [3.05, 3.63) is 0 Å². The van der Waals surface area contributed by atoms with E-state index in [-0.39, 0.29) is 0 Å². The molecule has 0 fully saturated rings. The van der Waals surface area contributed by atoms with E-state index in [1.165, 1.54) is 12.1 Å². The fourth-order valence-electron chi connectivity index (χ4n) is 0.177. The SMILES string of the molecule is C[SiH2]CC[Si]. The summed E-state index contributed by atoms with van der Waals surface area (Å²) in [7, 11) is 3.75. The lowest BCUT2D eigenvalue weighted by atomic mass is 11.0. The van der Waals surface area contributed by atoms with Crippen LogP contribution in [0.25, 0.3) is 0 Å². The quantitative estimate of drug-likeness (QED) is 0.436. The van der Waals surface area contributed by atoms with E-state index in [0.29, 0.717) is 9.52 Å². The van der Waals surface area contributed by atoms with Gasteiger partial charge in [0, 0.05) is 19.8 Å². The Kier molecular flexibility index (Phi) is 4.82. The van der Waals surface area contributed by atoms with Crippen molar-refractivity contribution in [3.63, 3.8) is 0 Å². The minimum absolute atomic E-state index is 0.365. The molecule has 0 aliphatic rings. The topological polar surface area (TPSA) is 0 Å². The zero-order valence-electron chi connectivity index (χ0n) is 3.62. The van der Waals surface area contributed by atoms with Crippen molar-refractivity contribution in [1.82, 2.24) is 0 Å². The maximum Gasteiger partial charge on any atom is 0.0218 e. The van der Waals surface area contributed by atoms with Crippen molar-refractivity contribution in [1.29, 1.82) is 0 Å². The van der Waals surface area contributed by atoms with Crippen LogP contribution in [0.4, 0.5) is 0 Å². The normalized spacial score (nSPS) is 10.8. The molecule has 29 valence electrons. The van der Waals surface area contributed by atoms with E-state index >= 15 is 0 Å². The predicted octanol–water partition coefficient (Wildman–Crippen LogP) is 0.208. The molecular weight excluding hydrogens is 92.2 g/mol. The number of hydrogen-bond donors (Lipinski definition) is 0. The third-order valence-corrected chi connectivity index (χ3v) is 2.65. The van der Waals surface area contributed by atoms with Gasteiger partial charge in [-0.1, -0.05) is 18.6 Å². The van der Waals surface area contributed by atoms with Gasteiger partial charge in [0.15, 0.2) is 0 Å². The summed E-state index contributed by atoms with van der Waals surface area (Å²) in [5, 5.41) is 0. The molecule has 0 heterocycles. The highest BCUT2D eigenvalue weighted by atomic mass is 28.2. The molecular formula is C3H9Si2. The molecule has 0 aromatic heterocycles. The Hall–Kier alpha value is 0.434. The van der Waals surface area contributed by atoms with Gasteiger partial charge < -0.3 is 0 Å². The van der Waals surface area contributed by atoms with Crippen LogP contribution in [-0.2, 0) is 0 Å². The molecule has 0 rings (SSSR count). The average Bonchev–Trinajstić information content (AvgIpc) is 1.41. The van der Waals surface area contributed by atoms with Gasteiger partial charge in [-0.2, -0.15) is 0 Å². The highest BCUT2D eigenvalue weighted by Crippen LogP contribution is 1.78. The highest BCUT2D eigenvalue weighted by molar-refractivity contribution is 6.35. The summed E-state index contributed by atoms with van der Waals surface area (Å²) in [5.41, 5.74) is 0. The van der Waals surface area contributed by atoms with Gasteiger partial charge in [-0.05, 0) is 0 Å². The van der Waals surface area contributed by atoms with Crippen molar-refractivity contribution < 1.29 is 0 Å². The molecule has 0 saturated heterocycles. The van der Waals surface area contributed by atoms with Crippen molar-refractivity contribution >= 4 is 19.8 Å². The molecule has 0 aromatic carbocycles. The highest BCUT2D eigenvalue weighted by Gasteiger charge is 1.70. The van der Waals surface area contributed by atoms with E-state index < -0.39 is 0 Å². The first-order chi connectivity index (χ1) is 2.41. The summed E-state index contributed by atoms with van der Waals surface area (Å²) >= 11 is 0. The van der Waals surface area contributed by atoms with Crippen LogP contribution >= 0.6 is 0 Å². The van der Waals surface area contributed by atoms with Gasteiger partial charge in [0.05, 0.1) is 0 Å². The van der Waals surface area contributed by atoms with Crippen LogP contribution < -0.4 is 0 Å². The summed E-state index contributed by atoms with van der Waals surface area (Å²) < 4.78 is 0. The van der Waals surface area contributed by atoms with Gasteiger partial charge in [-0.25, -0.2) is 0 Å². The first-order valence-corrected chi connectivity index (χ1v) is 5.18. The molecule has 0 unspecified atom stereocenters. The number of rotatable bonds is 2. The zero-order chi connectivity index (χ0) is 4.12. The second-order valence-corrected chi connectivity index (χ2v) is 3.31. The Morgan fingerprint density at radius 2 is 2.40 bits per heavy atom. The second-order valence-electron chi connectivity index (χ2n) is 1.10. The van der Waals surface area contributed by atoms with E-state index in [1.54, 1.807) is 0 Å². The van der Waals surface area contributed by atoms with Crippen LogP contribution in [-0.4, -0.2) is 19.8 Å². The molecule has 0 amide bonds. The molecule has 0 spiro atoms. The van der Waals surface area contributed by atoms with E-state index in [4.69, 9.17) is 0 Å². The van der Waals surface area contributed by atoms with Crippen LogP contribution in [0.2, 0.25) is 18.6 Å². The molecule has 0 saturated carbocycles. The molecule has 0 aromatic rings. The lowest BCUT2D eigenvalue weighted by Gasteiger charge is -1.77. The van der Waals surface area contributed by atoms with Gasteiger partial charge in [0.2, 0.25) is 0 Å². The lowest BCUT2D eigenvalue weighted by molar-refractivity contribution is 1.44. The fourth-order valence-corrected chi connectivity index (χ4v) is 1.59. The zero-order valence-corrected chi connectivity index (χ0v) is 6.04. The molecule has 0 aliphatic carbocycles. The molecule has 0 bridgehead atoms. The molecule has 0 nitrogen and oxygen atoms in total. The van der Waals surface area contributed by atoms with Crippen LogP contribution in [0.15, 0.2) is 0 Å². The maximum atomic E-state index is 3.38.